The Balaban J connectivity index is 1.19. The van der Waals surface area contributed by atoms with Crippen molar-refractivity contribution in [1.82, 2.24) is 0 Å². The van der Waals surface area contributed by atoms with E-state index >= 15 is 0 Å². The molecule has 3 saturated carbocycles. The van der Waals surface area contributed by atoms with Crippen LogP contribution in [-0.4, -0.2) is 139 Å². The fraction of sp³-hybridized carbons (Fsp3) is 0.909. The second-order valence-electron chi connectivity index (χ2n) is 15.6. The summed E-state index contributed by atoms with van der Waals surface area (Å²) in [5.74, 6) is -0.252. The molecule has 2 saturated heterocycles. The first kappa shape index (κ1) is 35.6. The predicted molar refractivity (Wildman–Crippen MR) is 160 cm³/mol. The Morgan fingerprint density at radius 1 is 0.787 bits per heavy atom. The van der Waals surface area contributed by atoms with Gasteiger partial charge in [-0.1, -0.05) is 26.3 Å². The van der Waals surface area contributed by atoms with E-state index in [0.717, 1.165) is 38.5 Å². The average Bonchev–Trinajstić information content (AvgIpc) is 3.26. The molecule has 6 rings (SSSR count). The molecule has 9 N–H and O–H groups in total. The largest absolute Gasteiger partial charge is 0.433 e. The van der Waals surface area contributed by atoms with Crippen LogP contribution in [0.4, 0.5) is 0 Å². The van der Waals surface area contributed by atoms with Gasteiger partial charge in [0.25, 0.3) is 0 Å². The molecule has 2 aliphatic heterocycles. The minimum Gasteiger partial charge on any atom is -0.433 e. The first-order valence-corrected chi connectivity index (χ1v) is 17.0. The van der Waals surface area contributed by atoms with E-state index in [1.807, 2.05) is 0 Å². The smallest absolute Gasteiger partial charge is 0.308 e. The number of esters is 1. The van der Waals surface area contributed by atoms with Crippen LogP contribution in [0.2, 0.25) is 0 Å². The van der Waals surface area contributed by atoms with Gasteiger partial charge in [-0.05, 0) is 78.6 Å². The van der Waals surface area contributed by atoms with Crippen molar-refractivity contribution in [2.45, 2.75) is 139 Å². The van der Waals surface area contributed by atoms with Crippen LogP contribution in [0.3, 0.4) is 0 Å². The summed E-state index contributed by atoms with van der Waals surface area (Å²) in [6.45, 7) is 2.94. The molecule has 47 heavy (non-hydrogen) atoms. The van der Waals surface area contributed by atoms with Crippen LogP contribution in [-0.2, 0) is 23.7 Å². The fourth-order valence-corrected chi connectivity index (χ4v) is 10.8. The highest BCUT2D eigenvalue weighted by atomic mass is 16.7. The molecule has 4 unspecified atom stereocenters. The molecule has 0 aromatic carbocycles. The van der Waals surface area contributed by atoms with Crippen LogP contribution in [0.5, 0.6) is 0 Å². The van der Waals surface area contributed by atoms with Gasteiger partial charge in [-0.2, -0.15) is 0 Å². The first-order valence-electron chi connectivity index (χ1n) is 17.0. The molecular formula is C33H52O14. The van der Waals surface area contributed by atoms with Gasteiger partial charge in [0, 0.05) is 0 Å². The van der Waals surface area contributed by atoms with Gasteiger partial charge in [0.2, 0.25) is 6.29 Å². The lowest BCUT2D eigenvalue weighted by Gasteiger charge is -2.65. The number of carbonyl (C=O) groups excluding carboxylic acids is 1. The Hall–Kier alpha value is -1.27. The molecule has 0 amide bonds. The second kappa shape index (κ2) is 12.8. The van der Waals surface area contributed by atoms with Crippen molar-refractivity contribution >= 4 is 5.97 Å². The van der Waals surface area contributed by atoms with Gasteiger partial charge in [0.05, 0.1) is 31.8 Å². The van der Waals surface area contributed by atoms with E-state index in [0.29, 0.717) is 18.4 Å². The number of aliphatic hydroxyl groups is 9. The minimum atomic E-state index is -1.67. The molecule has 14 nitrogen and oxygen atoms in total. The van der Waals surface area contributed by atoms with Gasteiger partial charge >= 0.3 is 5.97 Å². The number of hydrogen-bond acceptors (Lipinski definition) is 14. The van der Waals surface area contributed by atoms with E-state index in [1.165, 1.54) is 0 Å². The summed E-state index contributed by atoms with van der Waals surface area (Å²) in [7, 11) is 0. The Morgan fingerprint density at radius 2 is 1.38 bits per heavy atom. The third-order valence-electron chi connectivity index (χ3n) is 13.0. The van der Waals surface area contributed by atoms with Crippen LogP contribution in [0, 0.1) is 28.1 Å². The Kier molecular flexibility index (Phi) is 9.69. The Labute approximate surface area is 273 Å². The molecule has 6 aliphatic rings. The Bertz CT molecular complexity index is 1200. The molecule has 4 aliphatic carbocycles. The summed E-state index contributed by atoms with van der Waals surface area (Å²) in [6, 6.07) is 0. The van der Waals surface area contributed by atoms with E-state index in [9.17, 15) is 50.8 Å². The zero-order chi connectivity index (χ0) is 34.1. The highest BCUT2D eigenvalue weighted by molar-refractivity contribution is 5.70. The molecule has 2 heterocycles. The number of aliphatic hydroxyl groups excluding tert-OH is 9. The van der Waals surface area contributed by atoms with Gasteiger partial charge in [-0.25, -0.2) is 0 Å². The summed E-state index contributed by atoms with van der Waals surface area (Å²) < 4.78 is 23.1. The molecule has 0 aromatic heterocycles. The van der Waals surface area contributed by atoms with Gasteiger partial charge in [0.1, 0.15) is 48.8 Å². The minimum absolute atomic E-state index is 0.0594. The molecule has 14 heteroatoms. The third kappa shape index (κ3) is 5.70. The number of hydrogen-bond donors (Lipinski definition) is 9. The van der Waals surface area contributed by atoms with Crippen molar-refractivity contribution in [1.29, 1.82) is 0 Å². The van der Waals surface area contributed by atoms with Crippen LogP contribution < -0.4 is 0 Å². The summed E-state index contributed by atoms with van der Waals surface area (Å²) in [5.41, 5.74) is -1.19. The lowest BCUT2D eigenvalue weighted by atomic mass is 9.40. The quantitative estimate of drug-likeness (QED) is 0.0820. The zero-order valence-corrected chi connectivity index (χ0v) is 27.1. The fourth-order valence-electron chi connectivity index (χ4n) is 10.8. The standard InChI is InChI=1S/C33H52O14/c1-30(11-21(37)46-28-26(42)24(40)22(38)17(13-35)44-28)6-3-7-31(2)19(30)4-8-32-10-16(12-34)33(15-32,9-5-20(31)32)47-29-27(43)25(41)23(39)18(14-36)45-29/h10,17-20,22-29,34-36,38-43H,3-9,11-15H2,1-2H3/t17-,18-,19?,20+,22-,23-,24+,25+,26-,27-,28?,29+,30+,31-,32?,33?/m1/s1. The summed E-state index contributed by atoms with van der Waals surface area (Å²) in [6.07, 6.45) is -6.40. The number of fused-ring (bicyclic) bond motifs is 3. The molecule has 1 spiro atoms. The van der Waals surface area contributed by atoms with E-state index in [4.69, 9.17) is 18.9 Å². The maximum Gasteiger partial charge on any atom is 0.308 e. The normalized spacial score (nSPS) is 52.7. The summed E-state index contributed by atoms with van der Waals surface area (Å²) in [5, 5.41) is 91.7. The number of ether oxygens (including phenoxy) is 4. The maximum atomic E-state index is 13.4. The number of carbonyl (C=O) groups is 1. The summed E-state index contributed by atoms with van der Waals surface area (Å²) in [4.78, 5) is 13.4. The maximum absolute atomic E-state index is 13.4. The van der Waals surface area contributed by atoms with E-state index in [-0.39, 0.29) is 35.7 Å². The van der Waals surface area contributed by atoms with Crippen molar-refractivity contribution in [2.24, 2.45) is 28.1 Å². The lowest BCUT2D eigenvalue weighted by Crippen LogP contribution is -2.62. The van der Waals surface area contributed by atoms with E-state index < -0.39 is 91.6 Å². The highest BCUT2D eigenvalue weighted by Crippen LogP contribution is 2.72. The van der Waals surface area contributed by atoms with Crippen molar-refractivity contribution in [2.75, 3.05) is 19.8 Å². The monoisotopic (exact) mass is 672 g/mol. The summed E-state index contributed by atoms with van der Waals surface area (Å²) >= 11 is 0. The SMILES string of the molecule is C[C@@]1(CC(=O)OC2O[C@H](CO)[C@@H](O)[C@H](O)[C@H]2O)CCC[C@]2(C)C1CCC13C=C(CO)C(O[C@@H]4O[C@H](CO)[C@@H](O)[C@H](O)[C@H]4O)(CC[C@H]12)C3. The molecule has 268 valence electrons. The molecular weight excluding hydrogens is 620 g/mol. The topological polar surface area (TPSA) is 236 Å². The lowest BCUT2D eigenvalue weighted by molar-refractivity contribution is -0.328. The molecule has 5 fully saturated rings. The van der Waals surface area contributed by atoms with Gasteiger partial charge in [0.15, 0.2) is 6.29 Å². The highest BCUT2D eigenvalue weighted by Gasteiger charge is 2.67. The van der Waals surface area contributed by atoms with Gasteiger partial charge < -0.3 is 64.9 Å². The molecule has 2 bridgehead atoms. The molecule has 16 atom stereocenters. The number of rotatable bonds is 8. The average molecular weight is 673 g/mol. The van der Waals surface area contributed by atoms with Gasteiger partial charge in [-0.15, -0.1) is 0 Å². The van der Waals surface area contributed by atoms with Crippen LogP contribution >= 0.6 is 0 Å². The van der Waals surface area contributed by atoms with Crippen molar-refractivity contribution in [3.8, 4) is 0 Å². The van der Waals surface area contributed by atoms with Crippen LogP contribution in [0.25, 0.3) is 0 Å². The van der Waals surface area contributed by atoms with E-state index in [1.54, 1.807) is 0 Å². The predicted octanol–water partition coefficient (Wildman–Crippen LogP) is -1.40. The zero-order valence-electron chi connectivity index (χ0n) is 27.1. The van der Waals surface area contributed by atoms with Crippen molar-refractivity contribution in [3.63, 3.8) is 0 Å². The van der Waals surface area contributed by atoms with Crippen LogP contribution in [0.1, 0.15) is 71.6 Å². The third-order valence-corrected chi connectivity index (χ3v) is 13.0. The molecule has 0 radical (unpaired) electrons. The van der Waals surface area contributed by atoms with Crippen molar-refractivity contribution in [3.05, 3.63) is 11.6 Å². The molecule has 0 aromatic rings. The van der Waals surface area contributed by atoms with Crippen LogP contribution in [0.15, 0.2) is 11.6 Å². The van der Waals surface area contributed by atoms with E-state index in [2.05, 4.69) is 19.9 Å². The second-order valence-corrected chi connectivity index (χ2v) is 15.6. The first-order chi connectivity index (χ1) is 22.2. The van der Waals surface area contributed by atoms with Gasteiger partial charge in [-0.3, -0.25) is 4.79 Å². The Morgan fingerprint density at radius 3 is 2.00 bits per heavy atom. The van der Waals surface area contributed by atoms with Crippen molar-refractivity contribution < 1.29 is 69.7 Å². The number of allylic oxidation sites excluding steroid dienone is 1.